The fourth-order valence-corrected chi connectivity index (χ4v) is 1.06. The van der Waals surface area contributed by atoms with Crippen LogP contribution in [-0.2, 0) is 19.1 Å². The number of carboxylic acid groups (broad SMARTS) is 1. The van der Waals surface area contributed by atoms with Gasteiger partial charge in [-0.3, -0.25) is 0 Å². The number of rotatable bonds is 6. The molecular formula is C12H12O5. The van der Waals surface area contributed by atoms with Crippen molar-refractivity contribution in [2.75, 3.05) is 0 Å². The van der Waals surface area contributed by atoms with Crippen LogP contribution in [0.1, 0.15) is 0 Å². The molecular weight excluding hydrogens is 224 g/mol. The summed E-state index contributed by atoms with van der Waals surface area (Å²) >= 11 is 0. The van der Waals surface area contributed by atoms with Crippen LogP contribution in [0.3, 0.4) is 0 Å². The lowest BCUT2D eigenvalue weighted by atomic mass is 10.3. The van der Waals surface area contributed by atoms with Crippen molar-refractivity contribution in [1.82, 2.24) is 0 Å². The quantitative estimate of drug-likeness (QED) is 0.324. The largest absolute Gasteiger partial charge is 0.479 e. The average molecular weight is 236 g/mol. The highest BCUT2D eigenvalue weighted by Crippen LogP contribution is 2.24. The van der Waals surface area contributed by atoms with Gasteiger partial charge in [-0.05, 0) is 12.2 Å². The van der Waals surface area contributed by atoms with Crippen molar-refractivity contribution in [3.63, 3.8) is 0 Å². The molecule has 0 aliphatic carbocycles. The van der Waals surface area contributed by atoms with Crippen LogP contribution in [-0.4, -0.2) is 29.3 Å². The number of aliphatic carboxylic acids is 1. The molecule has 5 nitrogen and oxygen atoms in total. The van der Waals surface area contributed by atoms with Crippen LogP contribution in [0.4, 0.5) is 0 Å². The maximum atomic E-state index is 11.4. The zero-order chi connectivity index (χ0) is 12.8. The van der Waals surface area contributed by atoms with Crippen LogP contribution in [0.5, 0.6) is 0 Å². The van der Waals surface area contributed by atoms with E-state index in [-0.39, 0.29) is 5.76 Å². The van der Waals surface area contributed by atoms with Crippen molar-refractivity contribution in [1.29, 1.82) is 0 Å². The first-order valence-corrected chi connectivity index (χ1v) is 4.82. The summed E-state index contributed by atoms with van der Waals surface area (Å²) in [5.74, 6) is -1.67. The van der Waals surface area contributed by atoms with Crippen LogP contribution in [0.2, 0.25) is 0 Å². The average Bonchev–Trinajstić information content (AvgIpc) is 3.06. The first-order valence-electron chi connectivity index (χ1n) is 4.82. The zero-order valence-electron chi connectivity index (χ0n) is 9.04. The molecule has 1 N–H and O–H groups in total. The second-order valence-corrected chi connectivity index (χ2v) is 3.14. The third-order valence-corrected chi connectivity index (χ3v) is 1.86. The van der Waals surface area contributed by atoms with Crippen molar-refractivity contribution in [3.05, 3.63) is 49.3 Å². The minimum atomic E-state index is -1.18. The Balaban J connectivity index is 2.57. The monoisotopic (exact) mass is 236 g/mol. The number of esters is 1. The summed E-state index contributed by atoms with van der Waals surface area (Å²) in [7, 11) is 0. The Morgan fingerprint density at radius 1 is 1.24 bits per heavy atom. The van der Waals surface area contributed by atoms with E-state index in [0.717, 1.165) is 0 Å². The maximum absolute atomic E-state index is 11.4. The van der Waals surface area contributed by atoms with E-state index < -0.39 is 24.1 Å². The predicted octanol–water partition coefficient (Wildman–Crippen LogP) is 1.19. The first kappa shape index (κ1) is 12.9. The molecule has 5 heteroatoms. The molecule has 1 saturated heterocycles. The van der Waals surface area contributed by atoms with Crippen LogP contribution < -0.4 is 0 Å². The topological polar surface area (TPSA) is 76.1 Å². The highest BCUT2D eigenvalue weighted by Gasteiger charge is 2.52. The SMILES string of the molecule is C=CC=CC(=CC=C)OC(=O)C1OC1C(=O)O. The van der Waals surface area contributed by atoms with Crippen molar-refractivity contribution in [2.45, 2.75) is 12.2 Å². The van der Waals surface area contributed by atoms with Gasteiger partial charge in [-0.1, -0.05) is 31.4 Å². The number of carbonyl (C=O) groups excluding carboxylic acids is 1. The molecule has 0 bridgehead atoms. The summed E-state index contributed by atoms with van der Waals surface area (Å²) in [6.07, 6.45) is 5.37. The lowest BCUT2D eigenvalue weighted by molar-refractivity contribution is -0.142. The first-order chi connectivity index (χ1) is 8.10. The number of epoxide rings is 1. The highest BCUT2D eigenvalue weighted by molar-refractivity contribution is 5.89. The summed E-state index contributed by atoms with van der Waals surface area (Å²) in [5, 5.41) is 8.56. The Hall–Kier alpha value is -2.14. The smallest absolute Gasteiger partial charge is 0.344 e. The molecule has 0 radical (unpaired) electrons. The lowest BCUT2D eigenvalue weighted by Crippen LogP contribution is -2.17. The van der Waals surface area contributed by atoms with E-state index >= 15 is 0 Å². The fourth-order valence-electron chi connectivity index (χ4n) is 1.06. The molecule has 17 heavy (non-hydrogen) atoms. The van der Waals surface area contributed by atoms with Gasteiger partial charge in [-0.15, -0.1) is 0 Å². The van der Waals surface area contributed by atoms with E-state index in [1.807, 2.05) is 0 Å². The number of carbonyl (C=O) groups is 2. The summed E-state index contributed by atoms with van der Waals surface area (Å²) < 4.78 is 9.58. The van der Waals surface area contributed by atoms with Crippen molar-refractivity contribution >= 4 is 11.9 Å². The molecule has 0 amide bonds. The number of allylic oxidation sites excluding steroid dienone is 5. The van der Waals surface area contributed by atoms with Crippen LogP contribution in [0.15, 0.2) is 49.3 Å². The third kappa shape index (κ3) is 3.73. The molecule has 0 aromatic carbocycles. The van der Waals surface area contributed by atoms with Gasteiger partial charge in [0.15, 0.2) is 12.2 Å². The summed E-state index contributed by atoms with van der Waals surface area (Å²) in [4.78, 5) is 21.9. The van der Waals surface area contributed by atoms with Gasteiger partial charge >= 0.3 is 11.9 Å². The van der Waals surface area contributed by atoms with Gasteiger partial charge in [0.05, 0.1) is 0 Å². The summed E-state index contributed by atoms with van der Waals surface area (Å²) in [5.41, 5.74) is 0. The second-order valence-electron chi connectivity index (χ2n) is 3.14. The standard InChI is InChI=1S/C12H12O5/c1-3-5-7-8(6-4-2)16-12(15)10-9(17-10)11(13)14/h3-7,9-10H,1-2H2,(H,13,14). The van der Waals surface area contributed by atoms with Gasteiger partial charge in [0.25, 0.3) is 0 Å². The number of hydrogen-bond donors (Lipinski definition) is 1. The molecule has 1 rings (SSSR count). The van der Waals surface area contributed by atoms with Gasteiger partial charge in [0.2, 0.25) is 0 Å². The Morgan fingerprint density at radius 2 is 1.94 bits per heavy atom. The Morgan fingerprint density at radius 3 is 2.41 bits per heavy atom. The summed E-state index contributed by atoms with van der Waals surface area (Å²) in [6.45, 7) is 6.94. The van der Waals surface area contributed by atoms with Crippen molar-refractivity contribution < 1.29 is 24.2 Å². The molecule has 0 saturated carbocycles. The van der Waals surface area contributed by atoms with E-state index in [9.17, 15) is 9.59 Å². The van der Waals surface area contributed by atoms with E-state index in [0.29, 0.717) is 0 Å². The third-order valence-electron chi connectivity index (χ3n) is 1.86. The Labute approximate surface area is 98.3 Å². The van der Waals surface area contributed by atoms with Gasteiger partial charge in [0.1, 0.15) is 5.76 Å². The molecule has 2 unspecified atom stereocenters. The maximum Gasteiger partial charge on any atom is 0.344 e. The molecule has 0 aromatic heterocycles. The number of ether oxygens (including phenoxy) is 2. The van der Waals surface area contributed by atoms with Crippen LogP contribution >= 0.6 is 0 Å². The molecule has 1 aliphatic rings. The molecule has 1 aliphatic heterocycles. The Kier molecular flexibility index (Phi) is 4.42. The molecule has 2 atom stereocenters. The fraction of sp³-hybridized carbons (Fsp3) is 0.167. The predicted molar refractivity (Wildman–Crippen MR) is 60.0 cm³/mol. The minimum Gasteiger partial charge on any atom is -0.479 e. The normalized spacial score (nSPS) is 23.2. The lowest BCUT2D eigenvalue weighted by Gasteiger charge is -2.01. The van der Waals surface area contributed by atoms with E-state index in [4.69, 9.17) is 9.84 Å². The van der Waals surface area contributed by atoms with E-state index in [1.165, 1.54) is 24.3 Å². The van der Waals surface area contributed by atoms with Crippen molar-refractivity contribution in [3.8, 4) is 0 Å². The second kappa shape index (κ2) is 5.81. The van der Waals surface area contributed by atoms with Gasteiger partial charge in [0, 0.05) is 0 Å². The van der Waals surface area contributed by atoms with Gasteiger partial charge in [-0.2, -0.15) is 0 Å². The molecule has 1 heterocycles. The van der Waals surface area contributed by atoms with Crippen molar-refractivity contribution in [2.24, 2.45) is 0 Å². The highest BCUT2D eigenvalue weighted by atomic mass is 16.7. The number of carboxylic acids is 1. The van der Waals surface area contributed by atoms with E-state index in [1.54, 1.807) is 6.08 Å². The molecule has 1 fully saturated rings. The van der Waals surface area contributed by atoms with Crippen LogP contribution in [0, 0.1) is 0 Å². The van der Waals surface area contributed by atoms with Gasteiger partial charge < -0.3 is 14.6 Å². The number of hydrogen-bond acceptors (Lipinski definition) is 4. The van der Waals surface area contributed by atoms with Crippen LogP contribution in [0.25, 0.3) is 0 Å². The van der Waals surface area contributed by atoms with E-state index in [2.05, 4.69) is 17.9 Å². The molecule has 0 aromatic rings. The molecule has 0 spiro atoms. The Bertz CT molecular complexity index is 405. The molecule has 90 valence electrons. The summed E-state index contributed by atoms with van der Waals surface area (Å²) in [6, 6.07) is 0. The minimum absolute atomic E-state index is 0.240. The zero-order valence-corrected chi connectivity index (χ0v) is 9.04. The van der Waals surface area contributed by atoms with Gasteiger partial charge in [-0.25, -0.2) is 9.59 Å².